The number of thiophene rings is 1. The highest BCUT2D eigenvalue weighted by Gasteiger charge is 2.28. The van der Waals surface area contributed by atoms with Crippen LogP contribution in [0.15, 0.2) is 12.1 Å². The van der Waals surface area contributed by atoms with E-state index in [2.05, 4.69) is 50.0 Å². The average molecular weight is 269 g/mol. The first-order valence-electron chi connectivity index (χ1n) is 6.64. The van der Waals surface area contributed by atoms with Gasteiger partial charge in [-0.25, -0.2) is 0 Å². The van der Waals surface area contributed by atoms with E-state index in [0.29, 0.717) is 6.04 Å². The highest BCUT2D eigenvalue weighted by atomic mass is 32.2. The van der Waals surface area contributed by atoms with Gasteiger partial charge in [-0.05, 0) is 44.6 Å². The van der Waals surface area contributed by atoms with E-state index in [0.717, 1.165) is 11.3 Å². The van der Waals surface area contributed by atoms with Gasteiger partial charge in [-0.1, -0.05) is 13.3 Å². The lowest BCUT2D eigenvalue weighted by Crippen LogP contribution is -2.35. The monoisotopic (exact) mass is 269 g/mol. The number of aryl methyl sites for hydroxylation is 1. The fourth-order valence-electron chi connectivity index (χ4n) is 2.62. The third-order valence-corrected chi connectivity index (χ3v) is 5.99. The Bertz CT molecular complexity index is 348. The number of nitrogens with one attached hydrogen (secondary N) is 1. The second-order valence-electron chi connectivity index (χ2n) is 4.87. The highest BCUT2D eigenvalue weighted by molar-refractivity contribution is 7.99. The van der Waals surface area contributed by atoms with Gasteiger partial charge in [0.1, 0.15) is 0 Å². The highest BCUT2D eigenvalue weighted by Crippen LogP contribution is 2.32. The van der Waals surface area contributed by atoms with Gasteiger partial charge in [0.2, 0.25) is 0 Å². The van der Waals surface area contributed by atoms with Crippen molar-refractivity contribution in [3.05, 3.63) is 21.9 Å². The Hall–Kier alpha value is 0.01000. The van der Waals surface area contributed by atoms with Gasteiger partial charge in [0.15, 0.2) is 0 Å². The molecule has 96 valence electrons. The molecule has 0 aromatic carbocycles. The minimum absolute atomic E-state index is 0.511. The third-order valence-electron chi connectivity index (χ3n) is 3.49. The molecule has 1 aromatic rings. The molecule has 3 heteroatoms. The first kappa shape index (κ1) is 13.4. The van der Waals surface area contributed by atoms with E-state index in [1.165, 1.54) is 34.8 Å². The van der Waals surface area contributed by atoms with Gasteiger partial charge in [-0.3, -0.25) is 0 Å². The first-order chi connectivity index (χ1) is 8.20. The molecule has 0 saturated heterocycles. The van der Waals surface area contributed by atoms with E-state index < -0.39 is 0 Å². The molecule has 3 unspecified atom stereocenters. The van der Waals surface area contributed by atoms with E-state index in [9.17, 15) is 0 Å². The van der Waals surface area contributed by atoms with Crippen LogP contribution in [0.25, 0.3) is 0 Å². The summed E-state index contributed by atoms with van der Waals surface area (Å²) in [5, 5.41) is 4.67. The van der Waals surface area contributed by atoms with E-state index in [1.807, 2.05) is 11.3 Å². The Morgan fingerprint density at radius 3 is 2.94 bits per heavy atom. The van der Waals surface area contributed by atoms with Crippen molar-refractivity contribution >= 4 is 23.1 Å². The maximum atomic E-state index is 3.83. The van der Waals surface area contributed by atoms with Crippen LogP contribution in [0.2, 0.25) is 0 Å². The van der Waals surface area contributed by atoms with Crippen LogP contribution in [-0.4, -0.2) is 17.0 Å². The number of hydrogen-bond donors (Lipinski definition) is 1. The predicted octanol–water partition coefficient (Wildman–Crippen LogP) is 4.38. The molecule has 17 heavy (non-hydrogen) atoms. The summed E-state index contributed by atoms with van der Waals surface area (Å²) in [6.45, 7) is 6.76. The average Bonchev–Trinajstić information content (AvgIpc) is 2.89. The quantitative estimate of drug-likeness (QED) is 0.851. The van der Waals surface area contributed by atoms with E-state index in [-0.39, 0.29) is 0 Å². The van der Waals surface area contributed by atoms with E-state index in [4.69, 9.17) is 0 Å². The minimum atomic E-state index is 0.511. The molecule has 1 aliphatic carbocycles. The Balaban J connectivity index is 1.91. The van der Waals surface area contributed by atoms with Gasteiger partial charge in [0, 0.05) is 27.1 Å². The maximum absolute atomic E-state index is 3.83. The van der Waals surface area contributed by atoms with Gasteiger partial charge in [0.05, 0.1) is 0 Å². The van der Waals surface area contributed by atoms with Crippen LogP contribution in [-0.2, 0) is 0 Å². The summed E-state index contributed by atoms with van der Waals surface area (Å²) in [6, 6.07) is 5.73. The number of thioether (sulfide) groups is 1. The topological polar surface area (TPSA) is 12.0 Å². The Morgan fingerprint density at radius 1 is 1.47 bits per heavy atom. The smallest absolute Gasteiger partial charge is 0.0388 e. The van der Waals surface area contributed by atoms with Crippen LogP contribution < -0.4 is 5.32 Å². The summed E-state index contributed by atoms with van der Waals surface area (Å²) in [5.41, 5.74) is 0. The van der Waals surface area contributed by atoms with Crippen molar-refractivity contribution in [3.63, 3.8) is 0 Å². The van der Waals surface area contributed by atoms with Gasteiger partial charge in [-0.2, -0.15) is 11.8 Å². The van der Waals surface area contributed by atoms with Crippen LogP contribution in [0.3, 0.4) is 0 Å². The van der Waals surface area contributed by atoms with Crippen molar-refractivity contribution in [2.75, 3.05) is 5.75 Å². The van der Waals surface area contributed by atoms with Crippen molar-refractivity contribution in [1.82, 2.24) is 5.32 Å². The molecule has 1 N–H and O–H groups in total. The van der Waals surface area contributed by atoms with Crippen molar-refractivity contribution in [2.45, 2.75) is 57.4 Å². The fourth-order valence-corrected chi connectivity index (χ4v) is 4.72. The van der Waals surface area contributed by atoms with Crippen molar-refractivity contribution < 1.29 is 0 Å². The lowest BCUT2D eigenvalue weighted by molar-refractivity contribution is 0.472. The summed E-state index contributed by atoms with van der Waals surface area (Å²) >= 11 is 4.05. The van der Waals surface area contributed by atoms with Crippen molar-refractivity contribution in [1.29, 1.82) is 0 Å². The minimum Gasteiger partial charge on any atom is -0.306 e. The lowest BCUT2D eigenvalue weighted by atomic mass is 10.2. The molecule has 3 atom stereocenters. The maximum Gasteiger partial charge on any atom is 0.0388 e. The van der Waals surface area contributed by atoms with Gasteiger partial charge < -0.3 is 5.32 Å². The van der Waals surface area contributed by atoms with Crippen LogP contribution in [0, 0.1) is 6.92 Å². The summed E-state index contributed by atoms with van der Waals surface area (Å²) in [7, 11) is 0. The largest absolute Gasteiger partial charge is 0.306 e. The molecular formula is C14H23NS2. The second kappa shape index (κ2) is 6.26. The molecule has 0 spiro atoms. The zero-order valence-corrected chi connectivity index (χ0v) is 12.7. The molecule has 0 radical (unpaired) electrons. The Kier molecular flexibility index (Phi) is 4.95. The number of hydrogen-bond acceptors (Lipinski definition) is 3. The summed E-state index contributed by atoms with van der Waals surface area (Å²) in [4.78, 5) is 2.90. The molecule has 0 aliphatic heterocycles. The molecule has 2 rings (SSSR count). The Labute approximate surface area is 113 Å². The first-order valence-corrected chi connectivity index (χ1v) is 8.51. The summed E-state index contributed by atoms with van der Waals surface area (Å²) in [6.07, 6.45) is 4.14. The molecule has 1 fully saturated rings. The van der Waals surface area contributed by atoms with Crippen LogP contribution in [0.1, 0.15) is 48.9 Å². The van der Waals surface area contributed by atoms with Gasteiger partial charge in [0.25, 0.3) is 0 Å². The third kappa shape index (κ3) is 3.49. The van der Waals surface area contributed by atoms with Crippen LogP contribution in [0.4, 0.5) is 0 Å². The molecule has 0 amide bonds. The van der Waals surface area contributed by atoms with Crippen LogP contribution >= 0.6 is 23.1 Å². The second-order valence-corrected chi connectivity index (χ2v) is 7.70. The standard InChI is InChI=1S/C14H23NS2/c1-4-16-14-7-5-6-12(14)15-11(3)13-9-8-10(2)17-13/h8-9,11-12,14-15H,4-7H2,1-3H3. The molecule has 1 aliphatic rings. The predicted molar refractivity (Wildman–Crippen MR) is 80.2 cm³/mol. The molecule has 1 aromatic heterocycles. The van der Waals surface area contributed by atoms with Gasteiger partial charge >= 0.3 is 0 Å². The van der Waals surface area contributed by atoms with Gasteiger partial charge in [-0.15, -0.1) is 11.3 Å². The molecule has 1 nitrogen and oxygen atoms in total. The van der Waals surface area contributed by atoms with E-state index in [1.54, 1.807) is 0 Å². The van der Waals surface area contributed by atoms with Crippen LogP contribution in [0.5, 0.6) is 0 Å². The zero-order chi connectivity index (χ0) is 12.3. The fraction of sp³-hybridized carbons (Fsp3) is 0.714. The van der Waals surface area contributed by atoms with Crippen molar-refractivity contribution in [3.8, 4) is 0 Å². The molecule has 0 bridgehead atoms. The summed E-state index contributed by atoms with van der Waals surface area (Å²) < 4.78 is 0. The van der Waals surface area contributed by atoms with Crippen molar-refractivity contribution in [2.24, 2.45) is 0 Å². The molecule has 1 heterocycles. The van der Waals surface area contributed by atoms with E-state index >= 15 is 0 Å². The Morgan fingerprint density at radius 2 is 2.29 bits per heavy atom. The lowest BCUT2D eigenvalue weighted by Gasteiger charge is -2.24. The summed E-state index contributed by atoms with van der Waals surface area (Å²) in [5.74, 6) is 1.25. The number of rotatable bonds is 5. The SMILES string of the molecule is CCSC1CCCC1NC(C)c1ccc(C)s1. The zero-order valence-electron chi connectivity index (χ0n) is 11.0. The molecular weight excluding hydrogens is 246 g/mol. The molecule has 1 saturated carbocycles. The normalized spacial score (nSPS) is 26.3.